The van der Waals surface area contributed by atoms with Crippen LogP contribution in [0.2, 0.25) is 0 Å². The SMILES string of the molecule is NS(=O)(=O)C1CCCN(C(=O)c2nc3cccnc3s2)C1. The van der Waals surface area contributed by atoms with Crippen LogP contribution < -0.4 is 5.14 Å². The van der Waals surface area contributed by atoms with E-state index in [9.17, 15) is 13.2 Å². The molecule has 0 aliphatic carbocycles. The minimum Gasteiger partial charge on any atom is -0.335 e. The topological polar surface area (TPSA) is 106 Å². The van der Waals surface area contributed by atoms with Gasteiger partial charge in [0.2, 0.25) is 10.0 Å². The molecular formula is C12H14N4O3S2. The van der Waals surface area contributed by atoms with E-state index in [0.717, 1.165) is 0 Å². The normalized spacial score (nSPS) is 19.9. The van der Waals surface area contributed by atoms with Gasteiger partial charge in [0.25, 0.3) is 5.91 Å². The number of amides is 1. The zero-order valence-electron chi connectivity index (χ0n) is 11.1. The Morgan fingerprint density at radius 2 is 2.29 bits per heavy atom. The van der Waals surface area contributed by atoms with Gasteiger partial charge in [0.15, 0.2) is 5.01 Å². The number of carbonyl (C=O) groups excluding carboxylic acids is 1. The first-order chi connectivity index (χ1) is 9.95. The van der Waals surface area contributed by atoms with Crippen LogP contribution in [-0.2, 0) is 10.0 Å². The van der Waals surface area contributed by atoms with E-state index in [2.05, 4.69) is 9.97 Å². The number of rotatable bonds is 2. The third-order valence-corrected chi connectivity index (χ3v) is 5.76. The lowest BCUT2D eigenvalue weighted by Crippen LogP contribution is -2.47. The Labute approximate surface area is 125 Å². The average molecular weight is 326 g/mol. The molecule has 2 aromatic rings. The fourth-order valence-electron chi connectivity index (χ4n) is 2.39. The van der Waals surface area contributed by atoms with E-state index in [1.54, 1.807) is 18.3 Å². The zero-order chi connectivity index (χ0) is 15.0. The number of hydrogen-bond donors (Lipinski definition) is 1. The predicted octanol–water partition coefficient (Wildman–Crippen LogP) is 0.584. The zero-order valence-corrected chi connectivity index (χ0v) is 12.7. The molecule has 0 radical (unpaired) electrons. The second-order valence-corrected chi connectivity index (χ2v) is 7.77. The van der Waals surface area contributed by atoms with Gasteiger partial charge < -0.3 is 4.90 Å². The predicted molar refractivity (Wildman–Crippen MR) is 79.4 cm³/mol. The molecule has 3 rings (SSSR count). The fourth-order valence-corrected chi connectivity index (χ4v) is 4.15. The molecular weight excluding hydrogens is 312 g/mol. The molecule has 3 heterocycles. The summed E-state index contributed by atoms with van der Waals surface area (Å²) in [6.07, 6.45) is 2.76. The van der Waals surface area contributed by atoms with Crippen molar-refractivity contribution < 1.29 is 13.2 Å². The van der Waals surface area contributed by atoms with Crippen molar-refractivity contribution in [2.24, 2.45) is 5.14 Å². The van der Waals surface area contributed by atoms with Crippen molar-refractivity contribution in [3.8, 4) is 0 Å². The van der Waals surface area contributed by atoms with Gasteiger partial charge in [-0.05, 0) is 25.0 Å². The number of nitrogens with two attached hydrogens (primary N) is 1. The van der Waals surface area contributed by atoms with Crippen LogP contribution >= 0.6 is 11.3 Å². The van der Waals surface area contributed by atoms with Crippen LogP contribution in [0.25, 0.3) is 10.3 Å². The summed E-state index contributed by atoms with van der Waals surface area (Å²) in [6, 6.07) is 3.55. The highest BCUT2D eigenvalue weighted by Gasteiger charge is 2.31. The van der Waals surface area contributed by atoms with Crippen molar-refractivity contribution in [1.82, 2.24) is 14.9 Å². The summed E-state index contributed by atoms with van der Waals surface area (Å²) in [7, 11) is -3.62. The van der Waals surface area contributed by atoms with Gasteiger partial charge in [0.05, 0.1) is 5.25 Å². The number of aromatic nitrogens is 2. The average Bonchev–Trinajstić information content (AvgIpc) is 2.89. The molecule has 7 nitrogen and oxygen atoms in total. The molecule has 0 saturated carbocycles. The summed E-state index contributed by atoms with van der Waals surface area (Å²) >= 11 is 1.21. The van der Waals surface area contributed by atoms with Crippen molar-refractivity contribution >= 4 is 37.6 Å². The lowest BCUT2D eigenvalue weighted by Gasteiger charge is -2.30. The Morgan fingerprint density at radius 1 is 1.48 bits per heavy atom. The number of carbonyl (C=O) groups is 1. The molecule has 112 valence electrons. The molecule has 0 bridgehead atoms. The van der Waals surface area contributed by atoms with Gasteiger partial charge in [-0.25, -0.2) is 23.5 Å². The van der Waals surface area contributed by atoms with Gasteiger partial charge in [0.1, 0.15) is 10.3 Å². The third kappa shape index (κ3) is 2.89. The summed E-state index contributed by atoms with van der Waals surface area (Å²) in [4.78, 5) is 23.1. The van der Waals surface area contributed by atoms with Crippen LogP contribution in [0.15, 0.2) is 18.3 Å². The monoisotopic (exact) mass is 326 g/mol. The summed E-state index contributed by atoms with van der Waals surface area (Å²) in [5.74, 6) is -0.258. The smallest absolute Gasteiger partial charge is 0.282 e. The van der Waals surface area contributed by atoms with Gasteiger partial charge in [-0.3, -0.25) is 4.79 Å². The van der Waals surface area contributed by atoms with Crippen molar-refractivity contribution in [1.29, 1.82) is 0 Å². The molecule has 1 amide bonds. The first-order valence-corrected chi connectivity index (χ1v) is 8.90. The number of sulfonamides is 1. The second kappa shape index (κ2) is 5.32. The maximum atomic E-state index is 12.5. The van der Waals surface area contributed by atoms with Crippen LogP contribution in [0.4, 0.5) is 0 Å². The van der Waals surface area contributed by atoms with Crippen molar-refractivity contribution in [2.45, 2.75) is 18.1 Å². The summed E-state index contributed by atoms with van der Waals surface area (Å²) in [6.45, 7) is 0.648. The van der Waals surface area contributed by atoms with E-state index in [1.165, 1.54) is 16.2 Å². The number of thiazole rings is 1. The molecule has 2 N–H and O–H groups in total. The number of piperidine rings is 1. The van der Waals surface area contributed by atoms with E-state index in [4.69, 9.17) is 5.14 Å². The van der Waals surface area contributed by atoms with Crippen molar-refractivity contribution in [2.75, 3.05) is 13.1 Å². The van der Waals surface area contributed by atoms with Gasteiger partial charge in [-0.1, -0.05) is 11.3 Å². The fraction of sp³-hybridized carbons (Fsp3) is 0.417. The van der Waals surface area contributed by atoms with E-state index in [0.29, 0.717) is 34.7 Å². The Morgan fingerprint density at radius 3 is 3.00 bits per heavy atom. The van der Waals surface area contributed by atoms with Crippen LogP contribution in [0.5, 0.6) is 0 Å². The molecule has 1 fully saturated rings. The Balaban J connectivity index is 1.84. The highest BCUT2D eigenvalue weighted by Crippen LogP contribution is 2.23. The van der Waals surface area contributed by atoms with Crippen LogP contribution in [0.1, 0.15) is 22.6 Å². The second-order valence-electron chi connectivity index (χ2n) is 4.95. The summed E-state index contributed by atoms with van der Waals surface area (Å²) in [5.41, 5.74) is 0.672. The molecule has 1 atom stereocenters. The highest BCUT2D eigenvalue weighted by atomic mass is 32.2. The highest BCUT2D eigenvalue weighted by molar-refractivity contribution is 7.89. The van der Waals surface area contributed by atoms with Crippen LogP contribution in [0, 0.1) is 0 Å². The van der Waals surface area contributed by atoms with E-state index >= 15 is 0 Å². The van der Waals surface area contributed by atoms with Gasteiger partial charge in [0, 0.05) is 19.3 Å². The first kappa shape index (κ1) is 14.4. The quantitative estimate of drug-likeness (QED) is 0.869. The maximum absolute atomic E-state index is 12.5. The van der Waals surface area contributed by atoms with Crippen LogP contribution in [-0.4, -0.2) is 47.5 Å². The van der Waals surface area contributed by atoms with E-state index in [-0.39, 0.29) is 12.5 Å². The van der Waals surface area contributed by atoms with E-state index < -0.39 is 15.3 Å². The Bertz CT molecular complexity index is 754. The largest absolute Gasteiger partial charge is 0.335 e. The molecule has 1 aliphatic rings. The number of fused-ring (bicyclic) bond motifs is 1. The molecule has 0 aromatic carbocycles. The van der Waals surface area contributed by atoms with Crippen molar-refractivity contribution in [3.63, 3.8) is 0 Å². The third-order valence-electron chi connectivity index (χ3n) is 3.48. The molecule has 1 saturated heterocycles. The van der Waals surface area contributed by atoms with Gasteiger partial charge in [-0.2, -0.15) is 0 Å². The van der Waals surface area contributed by atoms with Crippen molar-refractivity contribution in [3.05, 3.63) is 23.3 Å². The van der Waals surface area contributed by atoms with Gasteiger partial charge >= 0.3 is 0 Å². The first-order valence-electron chi connectivity index (χ1n) is 6.47. The van der Waals surface area contributed by atoms with Gasteiger partial charge in [-0.15, -0.1) is 0 Å². The summed E-state index contributed by atoms with van der Waals surface area (Å²) in [5, 5.41) is 4.82. The number of nitrogens with zero attached hydrogens (tertiary/aromatic N) is 3. The standard InChI is InChI=1S/C12H14N4O3S2/c13-21(18,19)8-3-2-6-16(7-8)12(17)11-15-9-4-1-5-14-10(9)20-11/h1,4-5,8H,2-3,6-7H2,(H2,13,18,19). The number of primary sulfonamides is 1. The Kier molecular flexibility index (Phi) is 3.64. The minimum absolute atomic E-state index is 0.126. The molecule has 2 aromatic heterocycles. The number of hydrogen-bond acceptors (Lipinski definition) is 6. The number of pyridine rings is 1. The van der Waals surface area contributed by atoms with Crippen LogP contribution in [0.3, 0.4) is 0 Å². The molecule has 1 aliphatic heterocycles. The Hall–Kier alpha value is -1.58. The number of likely N-dealkylation sites (tertiary alicyclic amines) is 1. The van der Waals surface area contributed by atoms with E-state index in [1.807, 2.05) is 0 Å². The minimum atomic E-state index is -3.62. The summed E-state index contributed by atoms with van der Waals surface area (Å²) < 4.78 is 22.9. The molecule has 1 unspecified atom stereocenters. The molecule has 0 spiro atoms. The lowest BCUT2D eigenvalue weighted by molar-refractivity contribution is 0.0727. The maximum Gasteiger partial charge on any atom is 0.282 e. The lowest BCUT2D eigenvalue weighted by atomic mass is 10.1. The molecule has 9 heteroatoms. The molecule has 21 heavy (non-hydrogen) atoms.